The van der Waals surface area contributed by atoms with Crippen molar-refractivity contribution in [3.05, 3.63) is 0 Å². The Morgan fingerprint density at radius 1 is 1.00 bits per heavy atom. The van der Waals surface area contributed by atoms with E-state index >= 15 is 0 Å². The van der Waals surface area contributed by atoms with E-state index in [1.54, 1.807) is 0 Å². The summed E-state index contributed by atoms with van der Waals surface area (Å²) >= 11 is 0. The van der Waals surface area contributed by atoms with E-state index in [1.165, 1.54) is 31.4 Å². The van der Waals surface area contributed by atoms with E-state index in [9.17, 15) is 0 Å². The zero-order chi connectivity index (χ0) is 17.7. The van der Waals surface area contributed by atoms with Gasteiger partial charge in [-0.25, -0.2) is 0 Å². The van der Waals surface area contributed by atoms with Gasteiger partial charge in [0.15, 0.2) is 0 Å². The summed E-state index contributed by atoms with van der Waals surface area (Å²) in [4.78, 5) is 4.74. The fourth-order valence-corrected chi connectivity index (χ4v) is 5.71. The minimum absolute atomic E-state index is 0.649. The maximum atomic E-state index is 5.87. The molecule has 0 amide bonds. The molecule has 0 aliphatic heterocycles. The van der Waals surface area contributed by atoms with Gasteiger partial charge in [-0.3, -0.25) is 4.99 Å². The quantitative estimate of drug-likeness (QED) is 0.403. The lowest BCUT2D eigenvalue weighted by molar-refractivity contribution is 0.0708. The molecule has 0 radical (unpaired) electrons. The van der Waals surface area contributed by atoms with Crippen LogP contribution in [0.4, 0.5) is 0 Å². The molecule has 142 valence electrons. The maximum absolute atomic E-state index is 5.87. The van der Waals surface area contributed by atoms with Crippen LogP contribution in [0, 0.1) is 5.92 Å². The second-order valence-corrected chi connectivity index (χ2v) is 9.20. The third-order valence-electron chi connectivity index (χ3n) is 4.40. The molecule has 1 aliphatic carbocycles. The molecule has 0 bridgehead atoms. The van der Waals surface area contributed by atoms with Gasteiger partial charge < -0.3 is 18.6 Å². The molecule has 0 aromatic heterocycles. The fourth-order valence-electron chi connectivity index (χ4n) is 3.10. The summed E-state index contributed by atoms with van der Waals surface area (Å²) in [7, 11) is -2.46. The van der Waals surface area contributed by atoms with Crippen molar-refractivity contribution in [3.63, 3.8) is 0 Å². The minimum atomic E-state index is -2.46. The lowest BCUT2D eigenvalue weighted by atomic mass is 9.89. The van der Waals surface area contributed by atoms with Crippen LogP contribution in [0.25, 0.3) is 0 Å². The molecule has 0 aromatic carbocycles. The molecule has 1 fully saturated rings. The normalized spacial score (nSPS) is 18.8. The zero-order valence-corrected chi connectivity index (χ0v) is 17.2. The van der Waals surface area contributed by atoms with Crippen molar-refractivity contribution < 1.29 is 13.3 Å². The smallest absolute Gasteiger partial charge is 0.374 e. The highest BCUT2D eigenvalue weighted by Crippen LogP contribution is 2.21. The molecule has 0 aromatic rings. The van der Waals surface area contributed by atoms with Gasteiger partial charge in [-0.15, -0.1) is 0 Å². The predicted octanol–water partition coefficient (Wildman–Crippen LogP) is 3.67. The molecular formula is C18H38N2O3Si. The topological polar surface area (TPSA) is 52.1 Å². The molecule has 6 heteroatoms. The van der Waals surface area contributed by atoms with Crippen LogP contribution >= 0.6 is 0 Å². The summed E-state index contributed by atoms with van der Waals surface area (Å²) in [5, 5.41) is 3.48. The Hall–Kier alpha value is -0.273. The summed E-state index contributed by atoms with van der Waals surface area (Å²) in [6.45, 7) is 13.1. The van der Waals surface area contributed by atoms with Crippen LogP contribution in [0.5, 0.6) is 0 Å². The molecule has 0 spiro atoms. The Morgan fingerprint density at radius 2 is 1.58 bits per heavy atom. The van der Waals surface area contributed by atoms with Gasteiger partial charge in [-0.2, -0.15) is 0 Å². The van der Waals surface area contributed by atoms with Gasteiger partial charge in [0.25, 0.3) is 0 Å². The van der Waals surface area contributed by atoms with Crippen molar-refractivity contribution in [3.8, 4) is 0 Å². The predicted molar refractivity (Wildman–Crippen MR) is 103 cm³/mol. The van der Waals surface area contributed by atoms with Crippen molar-refractivity contribution in [1.82, 2.24) is 5.32 Å². The summed E-state index contributed by atoms with van der Waals surface area (Å²) < 4.78 is 17.6. The molecule has 0 heterocycles. The second kappa shape index (κ2) is 13.0. The Labute approximate surface area is 149 Å². The first-order valence-corrected chi connectivity index (χ1v) is 11.7. The number of rotatable bonds is 13. The molecule has 1 saturated carbocycles. The Morgan fingerprint density at radius 3 is 2.12 bits per heavy atom. The number of aliphatic imine (C=N–C) groups is 1. The Bertz CT molecular complexity index is 326. The monoisotopic (exact) mass is 358 g/mol. The zero-order valence-electron chi connectivity index (χ0n) is 16.2. The summed E-state index contributed by atoms with van der Waals surface area (Å²) in [5.74, 6) is 0.882. The Balaban J connectivity index is 2.17. The minimum Gasteiger partial charge on any atom is -0.374 e. The van der Waals surface area contributed by atoms with Gasteiger partial charge in [0.2, 0.25) is 0 Å². The number of hydrogen-bond donors (Lipinski definition) is 1. The van der Waals surface area contributed by atoms with E-state index in [1.807, 2.05) is 20.8 Å². The summed E-state index contributed by atoms with van der Waals surface area (Å²) in [6.07, 6.45) is 6.04. The summed E-state index contributed by atoms with van der Waals surface area (Å²) in [5.41, 5.74) is 1.42. The maximum Gasteiger partial charge on any atom is 0.500 e. The van der Waals surface area contributed by atoms with Gasteiger partial charge in [-0.1, -0.05) is 6.92 Å². The standard InChI is InChI=1S/C18H38N2O3Si/c1-5-21-24(22-6-2,23-7-3)16-8-13-19-14-15-20-18-11-9-17(4)10-12-18/h17,19H,5-16H2,1-4H3. The number of nitrogens with one attached hydrogen (secondary N) is 1. The molecule has 24 heavy (non-hydrogen) atoms. The molecule has 0 atom stereocenters. The largest absolute Gasteiger partial charge is 0.500 e. The van der Waals surface area contributed by atoms with Crippen LogP contribution in [0.3, 0.4) is 0 Å². The van der Waals surface area contributed by atoms with E-state index < -0.39 is 8.80 Å². The second-order valence-electron chi connectivity index (χ2n) is 6.47. The van der Waals surface area contributed by atoms with Crippen molar-refractivity contribution in [2.45, 2.75) is 65.8 Å². The van der Waals surface area contributed by atoms with Gasteiger partial charge in [-0.05, 0) is 65.3 Å². The Kier molecular flexibility index (Phi) is 11.8. The fraction of sp³-hybridized carbons (Fsp3) is 0.944. The van der Waals surface area contributed by atoms with Crippen LogP contribution in [-0.4, -0.2) is 54.0 Å². The highest BCUT2D eigenvalue weighted by atomic mass is 28.4. The SMILES string of the molecule is CCO[Si](CCCNCCN=C1CCC(C)CC1)(OCC)OCC. The number of nitrogens with zero attached hydrogens (tertiary/aromatic N) is 1. The lowest BCUT2D eigenvalue weighted by Crippen LogP contribution is -2.46. The molecule has 1 aliphatic rings. The first-order valence-electron chi connectivity index (χ1n) is 9.80. The number of hydrogen-bond acceptors (Lipinski definition) is 5. The van der Waals surface area contributed by atoms with E-state index in [-0.39, 0.29) is 0 Å². The molecule has 1 N–H and O–H groups in total. The van der Waals surface area contributed by atoms with Crippen molar-refractivity contribution >= 4 is 14.5 Å². The third kappa shape index (κ3) is 8.71. The van der Waals surface area contributed by atoms with Crippen LogP contribution in [-0.2, 0) is 13.3 Å². The van der Waals surface area contributed by atoms with Crippen molar-refractivity contribution in [1.29, 1.82) is 0 Å². The van der Waals surface area contributed by atoms with Gasteiger partial charge in [0.1, 0.15) is 0 Å². The molecule has 0 saturated heterocycles. The first-order chi connectivity index (χ1) is 11.7. The average Bonchev–Trinajstić information content (AvgIpc) is 2.56. The van der Waals surface area contributed by atoms with Crippen molar-refractivity contribution in [2.24, 2.45) is 10.9 Å². The highest BCUT2D eigenvalue weighted by molar-refractivity contribution is 6.60. The van der Waals surface area contributed by atoms with Crippen molar-refractivity contribution in [2.75, 3.05) is 39.5 Å². The molecule has 5 nitrogen and oxygen atoms in total. The molecule has 0 unspecified atom stereocenters. The van der Waals surface area contributed by atoms with Crippen LogP contribution in [0.2, 0.25) is 6.04 Å². The van der Waals surface area contributed by atoms with Gasteiger partial charge in [0, 0.05) is 38.1 Å². The van der Waals surface area contributed by atoms with Gasteiger partial charge >= 0.3 is 8.80 Å². The first kappa shape index (κ1) is 21.8. The molecular weight excluding hydrogens is 320 g/mol. The molecule has 1 rings (SSSR count). The van der Waals surface area contributed by atoms with Gasteiger partial charge in [0.05, 0.1) is 6.54 Å². The third-order valence-corrected chi connectivity index (χ3v) is 7.56. The van der Waals surface area contributed by atoms with Crippen LogP contribution in [0.15, 0.2) is 4.99 Å². The van der Waals surface area contributed by atoms with E-state index in [4.69, 9.17) is 18.3 Å². The average molecular weight is 359 g/mol. The lowest BCUT2D eigenvalue weighted by Gasteiger charge is -2.28. The van der Waals surface area contributed by atoms with E-state index in [0.717, 1.165) is 38.0 Å². The highest BCUT2D eigenvalue weighted by Gasteiger charge is 2.39. The van der Waals surface area contributed by atoms with Crippen LogP contribution < -0.4 is 5.32 Å². The van der Waals surface area contributed by atoms with E-state index in [0.29, 0.717) is 19.8 Å². The van der Waals surface area contributed by atoms with Crippen LogP contribution in [0.1, 0.15) is 59.8 Å². The van der Waals surface area contributed by atoms with E-state index in [2.05, 4.69) is 12.2 Å². The summed E-state index contributed by atoms with van der Waals surface area (Å²) in [6, 6.07) is 0.877.